The molecule has 0 saturated carbocycles. The Morgan fingerprint density at radius 1 is 1.07 bits per heavy atom. The van der Waals surface area contributed by atoms with Gasteiger partial charge in [0, 0.05) is 22.3 Å². The molecular formula is C21H20ClN2O4+. The van der Waals surface area contributed by atoms with E-state index in [4.69, 9.17) is 25.5 Å². The Hall–Kier alpha value is -2.96. The Balaban J connectivity index is 1.32. The summed E-state index contributed by atoms with van der Waals surface area (Å²) in [6.45, 7) is 1.12. The summed E-state index contributed by atoms with van der Waals surface area (Å²) in [7, 11) is 1.95. The molecule has 0 bridgehead atoms. The normalized spacial score (nSPS) is 13.4. The number of rotatable bonds is 6. The number of hydrogen-bond donors (Lipinski definition) is 2. The number of quaternary nitrogens is 1. The first-order chi connectivity index (χ1) is 13.6. The fourth-order valence-corrected chi connectivity index (χ4v) is 3.18. The number of benzene rings is 2. The molecule has 1 unspecified atom stereocenters. The zero-order chi connectivity index (χ0) is 19.5. The van der Waals surface area contributed by atoms with Crippen LogP contribution < -0.4 is 19.7 Å². The minimum absolute atomic E-state index is 0.0825. The number of nitrogens with one attached hydrogen (secondary N) is 2. The van der Waals surface area contributed by atoms with Gasteiger partial charge in [0.1, 0.15) is 12.3 Å². The third-order valence-corrected chi connectivity index (χ3v) is 4.64. The number of carbonyl (C=O) groups excluding carboxylic acids is 1. The van der Waals surface area contributed by atoms with E-state index in [1.807, 2.05) is 43.4 Å². The van der Waals surface area contributed by atoms with E-state index in [1.165, 1.54) is 0 Å². The highest BCUT2D eigenvalue weighted by molar-refractivity contribution is 6.30. The molecule has 1 aliphatic heterocycles. The lowest BCUT2D eigenvalue weighted by Crippen LogP contribution is -3.08. The standard InChI is InChI=1S/C21H19ClN2O4/c1-24(11-17-7-9-18(28-17)14-2-4-15(22)5-3-14)12-21(25)23-16-6-8-19-20(10-16)27-13-26-19/h2-10H,11-13H2,1H3,(H,23,25)/p+1. The average molecular weight is 400 g/mol. The van der Waals surface area contributed by atoms with Gasteiger partial charge in [-0.1, -0.05) is 11.6 Å². The van der Waals surface area contributed by atoms with Crippen molar-refractivity contribution in [1.29, 1.82) is 0 Å². The van der Waals surface area contributed by atoms with Crippen molar-refractivity contribution in [3.8, 4) is 22.8 Å². The minimum atomic E-state index is -0.0825. The number of halogens is 1. The maximum atomic E-state index is 12.3. The molecule has 3 aromatic rings. The predicted octanol–water partition coefficient (Wildman–Crippen LogP) is 2.98. The molecule has 2 aromatic carbocycles. The molecule has 0 spiro atoms. The fraction of sp³-hybridized carbons (Fsp3) is 0.190. The first kappa shape index (κ1) is 18.4. The zero-order valence-electron chi connectivity index (χ0n) is 15.3. The van der Waals surface area contributed by atoms with Crippen LogP contribution >= 0.6 is 11.6 Å². The van der Waals surface area contributed by atoms with E-state index >= 15 is 0 Å². The molecule has 0 fully saturated rings. The van der Waals surface area contributed by atoms with Crippen LogP contribution in [0, 0.1) is 0 Å². The molecule has 6 nitrogen and oxygen atoms in total. The predicted molar refractivity (Wildman–Crippen MR) is 106 cm³/mol. The van der Waals surface area contributed by atoms with Crippen molar-refractivity contribution < 1.29 is 23.6 Å². The summed E-state index contributed by atoms with van der Waals surface area (Å²) in [6, 6.07) is 16.7. The molecule has 7 heteroatoms. The molecule has 1 aliphatic rings. The number of amides is 1. The van der Waals surface area contributed by atoms with Crippen molar-refractivity contribution in [2.75, 3.05) is 25.7 Å². The summed E-state index contributed by atoms with van der Waals surface area (Å²) < 4.78 is 16.5. The van der Waals surface area contributed by atoms with Crippen molar-refractivity contribution in [3.63, 3.8) is 0 Å². The van der Waals surface area contributed by atoms with Crippen molar-refractivity contribution in [1.82, 2.24) is 0 Å². The zero-order valence-corrected chi connectivity index (χ0v) is 16.1. The molecular weight excluding hydrogens is 380 g/mol. The van der Waals surface area contributed by atoms with Gasteiger partial charge in [-0.3, -0.25) is 4.79 Å². The molecule has 1 aromatic heterocycles. The molecule has 2 heterocycles. The number of furan rings is 1. The van der Waals surface area contributed by atoms with Crippen LogP contribution in [0.25, 0.3) is 11.3 Å². The van der Waals surface area contributed by atoms with E-state index in [2.05, 4.69) is 5.32 Å². The maximum Gasteiger partial charge on any atom is 0.279 e. The molecule has 0 radical (unpaired) electrons. The second-order valence-electron chi connectivity index (χ2n) is 6.70. The van der Waals surface area contributed by atoms with Crippen LogP contribution in [0.4, 0.5) is 5.69 Å². The van der Waals surface area contributed by atoms with Gasteiger partial charge in [-0.05, 0) is 48.5 Å². The van der Waals surface area contributed by atoms with Crippen LogP contribution in [-0.2, 0) is 11.3 Å². The highest BCUT2D eigenvalue weighted by Crippen LogP contribution is 2.34. The van der Waals surface area contributed by atoms with Gasteiger partial charge in [0.2, 0.25) is 6.79 Å². The Kier molecular flexibility index (Phi) is 5.23. The Bertz CT molecular complexity index is 984. The van der Waals surface area contributed by atoms with E-state index in [0.29, 0.717) is 35.3 Å². The third-order valence-electron chi connectivity index (χ3n) is 4.39. The van der Waals surface area contributed by atoms with E-state index in [9.17, 15) is 4.79 Å². The fourth-order valence-electron chi connectivity index (χ4n) is 3.06. The van der Waals surface area contributed by atoms with Crippen molar-refractivity contribution in [2.24, 2.45) is 0 Å². The maximum absolute atomic E-state index is 12.3. The van der Waals surface area contributed by atoms with Gasteiger partial charge in [0.15, 0.2) is 23.8 Å². The lowest BCUT2D eigenvalue weighted by Gasteiger charge is -2.12. The second-order valence-corrected chi connectivity index (χ2v) is 7.14. The highest BCUT2D eigenvalue weighted by Gasteiger charge is 2.16. The molecule has 4 rings (SSSR count). The SMILES string of the molecule is C[NH+](CC(=O)Nc1ccc2c(c1)OCO2)Cc1ccc(-c2ccc(Cl)cc2)o1. The molecule has 28 heavy (non-hydrogen) atoms. The number of carbonyl (C=O) groups is 1. The third kappa shape index (κ3) is 4.30. The average Bonchev–Trinajstić information content (AvgIpc) is 3.31. The van der Waals surface area contributed by atoms with Crippen molar-refractivity contribution in [2.45, 2.75) is 6.54 Å². The summed E-state index contributed by atoms with van der Waals surface area (Å²) >= 11 is 5.92. The summed E-state index contributed by atoms with van der Waals surface area (Å²) in [6.07, 6.45) is 0. The lowest BCUT2D eigenvalue weighted by atomic mass is 10.2. The first-order valence-corrected chi connectivity index (χ1v) is 9.30. The van der Waals surface area contributed by atoms with Crippen LogP contribution in [-0.4, -0.2) is 26.3 Å². The number of hydrogen-bond acceptors (Lipinski definition) is 4. The number of anilines is 1. The van der Waals surface area contributed by atoms with Crippen LogP contribution in [0.2, 0.25) is 5.02 Å². The van der Waals surface area contributed by atoms with Crippen molar-refractivity contribution in [3.05, 3.63) is 65.4 Å². The molecule has 1 amide bonds. The number of ether oxygens (including phenoxy) is 2. The lowest BCUT2D eigenvalue weighted by molar-refractivity contribution is -0.886. The van der Waals surface area contributed by atoms with E-state index in [0.717, 1.165) is 22.0 Å². The van der Waals surface area contributed by atoms with E-state index in [-0.39, 0.29) is 12.7 Å². The van der Waals surface area contributed by atoms with Gasteiger partial charge in [-0.25, -0.2) is 0 Å². The summed E-state index contributed by atoms with van der Waals surface area (Å²) in [5.41, 5.74) is 1.65. The van der Waals surface area contributed by atoms with Crippen molar-refractivity contribution >= 4 is 23.2 Å². The molecule has 1 atom stereocenters. The van der Waals surface area contributed by atoms with Crippen LogP contribution in [0.1, 0.15) is 5.76 Å². The number of fused-ring (bicyclic) bond motifs is 1. The summed E-state index contributed by atoms with van der Waals surface area (Å²) in [5, 5.41) is 3.57. The quantitative estimate of drug-likeness (QED) is 0.668. The second kappa shape index (κ2) is 7.96. The van der Waals surface area contributed by atoms with Crippen LogP contribution in [0.15, 0.2) is 59.0 Å². The van der Waals surface area contributed by atoms with Gasteiger partial charge in [-0.15, -0.1) is 0 Å². The first-order valence-electron chi connectivity index (χ1n) is 8.92. The van der Waals surface area contributed by atoms with Gasteiger partial charge in [-0.2, -0.15) is 0 Å². The minimum Gasteiger partial charge on any atom is -0.455 e. The summed E-state index contributed by atoms with van der Waals surface area (Å²) in [5.74, 6) is 2.85. The summed E-state index contributed by atoms with van der Waals surface area (Å²) in [4.78, 5) is 13.3. The van der Waals surface area contributed by atoms with Gasteiger partial charge >= 0.3 is 0 Å². The van der Waals surface area contributed by atoms with E-state index in [1.54, 1.807) is 18.2 Å². The number of likely N-dealkylation sites (N-methyl/N-ethyl adjacent to an activating group) is 1. The van der Waals surface area contributed by atoms with E-state index < -0.39 is 0 Å². The Morgan fingerprint density at radius 2 is 1.86 bits per heavy atom. The Morgan fingerprint density at radius 3 is 2.68 bits per heavy atom. The van der Waals surface area contributed by atoms with Gasteiger partial charge in [0.05, 0.1) is 7.05 Å². The molecule has 0 saturated heterocycles. The van der Waals surface area contributed by atoms with Gasteiger partial charge < -0.3 is 24.1 Å². The smallest absolute Gasteiger partial charge is 0.279 e. The van der Waals surface area contributed by atoms with Crippen LogP contribution in [0.5, 0.6) is 11.5 Å². The molecule has 2 N–H and O–H groups in total. The monoisotopic (exact) mass is 399 g/mol. The topological polar surface area (TPSA) is 65.1 Å². The molecule has 0 aliphatic carbocycles. The molecule has 144 valence electrons. The van der Waals surface area contributed by atoms with Gasteiger partial charge in [0.25, 0.3) is 5.91 Å². The Labute approximate surface area is 167 Å². The van der Waals surface area contributed by atoms with Crippen LogP contribution in [0.3, 0.4) is 0 Å². The largest absolute Gasteiger partial charge is 0.455 e. The highest BCUT2D eigenvalue weighted by atomic mass is 35.5.